The molecule has 6 nitrogen and oxygen atoms in total. The lowest BCUT2D eigenvalue weighted by Gasteiger charge is -2.00. The Balaban J connectivity index is 0.000000181. The van der Waals surface area contributed by atoms with Gasteiger partial charge in [0.1, 0.15) is 0 Å². The Kier molecular flexibility index (Phi) is 5.47. The van der Waals surface area contributed by atoms with Crippen molar-refractivity contribution in [1.82, 2.24) is 0 Å². The molecule has 0 amide bonds. The van der Waals surface area contributed by atoms with Crippen molar-refractivity contribution in [3.05, 3.63) is 83.4 Å². The Morgan fingerprint density at radius 2 is 0.920 bits per heavy atom. The van der Waals surface area contributed by atoms with Gasteiger partial charge in [-0.3, -0.25) is 0 Å². The molecule has 0 heterocycles. The zero-order valence-electron chi connectivity index (χ0n) is 12.9. The van der Waals surface area contributed by atoms with E-state index in [1.54, 1.807) is 12.1 Å². The lowest BCUT2D eigenvalue weighted by atomic mass is 10.1. The number of carbonyl (C=O) groups is 3. The summed E-state index contributed by atoms with van der Waals surface area (Å²) in [5, 5.41) is 27.7. The van der Waals surface area contributed by atoms with Crippen LogP contribution in [0.3, 0.4) is 0 Å². The van der Waals surface area contributed by atoms with Crippen LogP contribution in [-0.4, -0.2) is 33.2 Å². The van der Waals surface area contributed by atoms with Gasteiger partial charge in [0.05, 0.1) is 16.7 Å². The van der Waals surface area contributed by atoms with Crippen molar-refractivity contribution in [2.24, 2.45) is 0 Å². The summed E-state index contributed by atoms with van der Waals surface area (Å²) in [6.45, 7) is 0. The van der Waals surface area contributed by atoms with E-state index in [1.807, 2.05) is 30.3 Å². The third kappa shape index (κ3) is 4.20. The average Bonchev–Trinajstić information content (AvgIpc) is 2.61. The number of hydrogen-bond acceptors (Lipinski definition) is 3. The highest BCUT2D eigenvalue weighted by Gasteiger charge is 2.13. The molecule has 0 fully saturated rings. The van der Waals surface area contributed by atoms with Crippen LogP contribution in [0, 0.1) is 0 Å². The van der Waals surface area contributed by atoms with E-state index in [4.69, 9.17) is 15.3 Å². The average molecular weight is 338 g/mol. The van der Waals surface area contributed by atoms with Crippen molar-refractivity contribution in [3.63, 3.8) is 0 Å². The summed E-state index contributed by atoms with van der Waals surface area (Å²) in [6.07, 6.45) is 0. The third-order valence-corrected chi connectivity index (χ3v) is 3.41. The minimum Gasteiger partial charge on any atom is -0.478 e. The second kappa shape index (κ2) is 7.74. The molecule has 0 aliphatic rings. The minimum absolute atomic E-state index is 0.190. The molecule has 0 saturated carbocycles. The highest BCUT2D eigenvalue weighted by atomic mass is 16.4. The van der Waals surface area contributed by atoms with Gasteiger partial charge in [-0.05, 0) is 29.0 Å². The van der Waals surface area contributed by atoms with Crippen molar-refractivity contribution < 1.29 is 29.7 Å². The molecule has 6 heteroatoms. The maximum absolute atomic E-state index is 10.8. The van der Waals surface area contributed by atoms with E-state index >= 15 is 0 Å². The number of aromatic carboxylic acids is 3. The fourth-order valence-electron chi connectivity index (χ4n) is 2.27. The fraction of sp³-hybridized carbons (Fsp3) is 0. The number of carboxylic acids is 3. The number of hydrogen-bond donors (Lipinski definition) is 3. The first-order valence-electron chi connectivity index (χ1n) is 7.18. The Hall–Kier alpha value is -3.67. The van der Waals surface area contributed by atoms with Gasteiger partial charge in [-0.25, -0.2) is 14.4 Å². The van der Waals surface area contributed by atoms with E-state index in [0.29, 0.717) is 5.56 Å². The van der Waals surface area contributed by atoms with Gasteiger partial charge >= 0.3 is 17.9 Å². The summed E-state index contributed by atoms with van der Waals surface area (Å²) >= 11 is 0. The van der Waals surface area contributed by atoms with E-state index in [0.717, 1.165) is 10.8 Å². The highest BCUT2D eigenvalue weighted by Crippen LogP contribution is 2.17. The molecule has 3 rings (SSSR count). The van der Waals surface area contributed by atoms with Gasteiger partial charge in [0.2, 0.25) is 0 Å². The van der Waals surface area contributed by atoms with Crippen molar-refractivity contribution in [1.29, 1.82) is 0 Å². The summed E-state index contributed by atoms with van der Waals surface area (Å²) < 4.78 is 0. The van der Waals surface area contributed by atoms with Crippen LogP contribution in [0.25, 0.3) is 10.8 Å². The molecule has 3 aromatic carbocycles. The molecule has 25 heavy (non-hydrogen) atoms. The monoisotopic (exact) mass is 338 g/mol. The van der Waals surface area contributed by atoms with Crippen LogP contribution in [0.2, 0.25) is 0 Å². The summed E-state index contributed by atoms with van der Waals surface area (Å²) in [6, 6.07) is 18.2. The number of rotatable bonds is 3. The minimum atomic E-state index is -1.23. The second-order valence-corrected chi connectivity index (χ2v) is 4.99. The maximum Gasteiger partial charge on any atom is 0.336 e. The summed E-state index contributed by atoms with van der Waals surface area (Å²) in [7, 11) is 0. The van der Waals surface area contributed by atoms with E-state index in [9.17, 15) is 14.4 Å². The molecule has 3 N–H and O–H groups in total. The fourth-order valence-corrected chi connectivity index (χ4v) is 2.27. The largest absolute Gasteiger partial charge is 0.478 e. The molecule has 0 atom stereocenters. The molecule has 0 unspecified atom stereocenters. The number of fused-ring (bicyclic) bond motifs is 1. The summed E-state index contributed by atoms with van der Waals surface area (Å²) in [4.78, 5) is 31.7. The highest BCUT2D eigenvalue weighted by molar-refractivity contribution is 6.03. The Morgan fingerprint density at radius 1 is 0.520 bits per heavy atom. The van der Waals surface area contributed by atoms with Crippen LogP contribution in [-0.2, 0) is 0 Å². The normalized spacial score (nSPS) is 9.76. The van der Waals surface area contributed by atoms with Crippen molar-refractivity contribution in [2.75, 3.05) is 0 Å². The van der Waals surface area contributed by atoms with Gasteiger partial charge in [0.25, 0.3) is 0 Å². The summed E-state index contributed by atoms with van der Waals surface area (Å²) in [5.41, 5.74) is -0.0203. The first kappa shape index (κ1) is 17.7. The molecular formula is C19H14O6. The van der Waals surface area contributed by atoms with Crippen LogP contribution in [0.15, 0.2) is 66.7 Å². The van der Waals surface area contributed by atoms with Crippen molar-refractivity contribution >= 4 is 28.7 Å². The van der Waals surface area contributed by atoms with Crippen LogP contribution < -0.4 is 0 Å². The Bertz CT molecular complexity index is 907. The first-order valence-corrected chi connectivity index (χ1v) is 7.18. The van der Waals surface area contributed by atoms with Gasteiger partial charge in [0, 0.05) is 0 Å². The molecule has 0 saturated heterocycles. The van der Waals surface area contributed by atoms with E-state index in [-0.39, 0.29) is 11.1 Å². The summed E-state index contributed by atoms with van der Waals surface area (Å²) in [5.74, 6) is -3.34. The quantitative estimate of drug-likeness (QED) is 0.672. The molecule has 126 valence electrons. The molecule has 0 aliphatic carbocycles. The van der Waals surface area contributed by atoms with Gasteiger partial charge in [0.15, 0.2) is 0 Å². The lowest BCUT2D eigenvalue weighted by molar-refractivity contribution is 0.0651. The SMILES string of the molecule is O=C(O)c1cccc2ccccc12.O=C(O)c1ccccc1C(=O)O. The van der Waals surface area contributed by atoms with Crippen LogP contribution in [0.5, 0.6) is 0 Å². The van der Waals surface area contributed by atoms with Crippen LogP contribution >= 0.6 is 0 Å². The van der Waals surface area contributed by atoms with Gasteiger partial charge in [-0.2, -0.15) is 0 Å². The first-order chi connectivity index (χ1) is 11.9. The smallest absolute Gasteiger partial charge is 0.336 e. The van der Waals surface area contributed by atoms with Crippen LogP contribution in [0.1, 0.15) is 31.1 Å². The molecule has 3 aromatic rings. The Morgan fingerprint density at radius 3 is 1.44 bits per heavy atom. The number of carboxylic acid groups (broad SMARTS) is 3. The van der Waals surface area contributed by atoms with Crippen molar-refractivity contribution in [2.45, 2.75) is 0 Å². The predicted molar refractivity (Wildman–Crippen MR) is 91.3 cm³/mol. The number of benzene rings is 3. The predicted octanol–water partition coefficient (Wildman–Crippen LogP) is 3.62. The molecule has 0 aliphatic heterocycles. The van der Waals surface area contributed by atoms with E-state index < -0.39 is 17.9 Å². The Labute approximate surface area is 142 Å². The van der Waals surface area contributed by atoms with Crippen LogP contribution in [0.4, 0.5) is 0 Å². The molecule has 0 aromatic heterocycles. The topological polar surface area (TPSA) is 112 Å². The molecule has 0 bridgehead atoms. The maximum atomic E-state index is 10.8. The lowest BCUT2D eigenvalue weighted by Crippen LogP contribution is -2.06. The second-order valence-electron chi connectivity index (χ2n) is 4.99. The third-order valence-electron chi connectivity index (χ3n) is 3.41. The molecule has 0 spiro atoms. The van der Waals surface area contributed by atoms with Crippen molar-refractivity contribution in [3.8, 4) is 0 Å². The van der Waals surface area contributed by atoms with E-state index in [1.165, 1.54) is 24.3 Å². The molecule has 0 radical (unpaired) electrons. The van der Waals surface area contributed by atoms with Gasteiger partial charge in [-0.15, -0.1) is 0 Å². The zero-order valence-corrected chi connectivity index (χ0v) is 12.9. The standard InChI is InChI=1S/C11H8O2.C8H6O4/c12-11(13)10-7-3-5-8-4-1-2-6-9(8)10;9-7(10)5-3-1-2-4-6(5)8(11)12/h1-7H,(H,12,13);1-4H,(H,9,10)(H,11,12). The van der Waals surface area contributed by atoms with Gasteiger partial charge in [-0.1, -0.05) is 48.5 Å². The van der Waals surface area contributed by atoms with E-state index in [2.05, 4.69) is 0 Å². The zero-order chi connectivity index (χ0) is 18.4. The van der Waals surface area contributed by atoms with Gasteiger partial charge < -0.3 is 15.3 Å². The molecular weight excluding hydrogens is 324 g/mol.